The molecular weight excluding hydrogens is 313 g/mol. The number of ether oxygens (including phenoxy) is 2. The van der Waals surface area contributed by atoms with Crippen LogP contribution < -0.4 is 14.8 Å². The number of hydrogen-bond acceptors (Lipinski definition) is 4. The molecule has 0 saturated heterocycles. The Kier molecular flexibility index (Phi) is 8.29. The number of carbonyl (C=O) groups is 1. The molecule has 24 heavy (non-hydrogen) atoms. The number of nitrogens with one attached hydrogen (secondary N) is 1. The molecule has 2 N–H and O–H groups in total. The van der Waals surface area contributed by atoms with Gasteiger partial charge in [-0.3, -0.25) is 0 Å². The maximum atomic E-state index is 12.7. The minimum Gasteiger partial charge on any atom is -0.489 e. The normalized spacial score (nSPS) is 11.0. The smallest absolute Gasteiger partial charge is 0.344 e. The molecule has 0 aromatic heterocycles. The van der Waals surface area contributed by atoms with Crippen LogP contribution in [0.4, 0.5) is 4.39 Å². The van der Waals surface area contributed by atoms with E-state index in [-0.39, 0.29) is 5.82 Å². The van der Waals surface area contributed by atoms with E-state index in [2.05, 4.69) is 5.32 Å². The minimum absolute atomic E-state index is 0.309. The lowest BCUT2D eigenvalue weighted by atomic mass is 10.2. The highest BCUT2D eigenvalue weighted by molar-refractivity contribution is 5.72. The van der Waals surface area contributed by atoms with Gasteiger partial charge in [0.1, 0.15) is 23.9 Å². The van der Waals surface area contributed by atoms with E-state index >= 15 is 0 Å². The average molecular weight is 335 g/mol. The zero-order chi connectivity index (χ0) is 17.9. The molecule has 0 heterocycles. The van der Waals surface area contributed by atoms with Crippen molar-refractivity contribution in [1.82, 2.24) is 5.32 Å². The van der Waals surface area contributed by atoms with Gasteiger partial charge in [-0.25, -0.2) is 9.18 Å². The number of halogens is 1. The van der Waals surface area contributed by atoms with E-state index < -0.39 is 12.1 Å². The van der Waals surface area contributed by atoms with Crippen molar-refractivity contribution >= 4 is 5.97 Å². The molecule has 0 amide bonds. The monoisotopic (exact) mass is 335 g/mol. The van der Waals surface area contributed by atoms with Crippen LogP contribution in [0.25, 0.3) is 0 Å². The Bertz CT molecular complexity index is 614. The molecule has 0 aliphatic carbocycles. The molecule has 1 atom stereocenters. The van der Waals surface area contributed by atoms with Gasteiger partial charge < -0.3 is 19.9 Å². The quantitative estimate of drug-likeness (QED) is 0.849. The van der Waals surface area contributed by atoms with E-state index in [0.29, 0.717) is 18.1 Å². The zero-order valence-corrected chi connectivity index (χ0v) is 14.0. The van der Waals surface area contributed by atoms with Gasteiger partial charge in [-0.1, -0.05) is 12.1 Å². The maximum absolute atomic E-state index is 12.7. The molecule has 0 aliphatic heterocycles. The van der Waals surface area contributed by atoms with Crippen molar-refractivity contribution in [2.75, 3.05) is 14.1 Å². The second kappa shape index (κ2) is 10.2. The summed E-state index contributed by atoms with van der Waals surface area (Å²) in [4.78, 5) is 10.7. The first-order valence-corrected chi connectivity index (χ1v) is 7.41. The van der Waals surface area contributed by atoms with E-state index in [9.17, 15) is 9.18 Å². The third-order valence-corrected chi connectivity index (χ3v) is 2.80. The van der Waals surface area contributed by atoms with Crippen LogP contribution in [0.2, 0.25) is 0 Å². The molecule has 0 spiro atoms. The molecule has 6 heteroatoms. The van der Waals surface area contributed by atoms with Crippen LogP contribution in [0, 0.1) is 5.82 Å². The fourth-order valence-corrected chi connectivity index (χ4v) is 1.62. The first kappa shape index (κ1) is 19.4. The van der Waals surface area contributed by atoms with Crippen LogP contribution in [0.5, 0.6) is 11.5 Å². The summed E-state index contributed by atoms with van der Waals surface area (Å²) < 4.78 is 23.5. The molecule has 130 valence electrons. The fourth-order valence-electron chi connectivity index (χ4n) is 1.62. The Balaban J connectivity index is 0.000000891. The van der Waals surface area contributed by atoms with Gasteiger partial charge in [0.15, 0.2) is 6.10 Å². The van der Waals surface area contributed by atoms with Gasteiger partial charge in [-0.2, -0.15) is 0 Å². The second-order valence-corrected chi connectivity index (χ2v) is 4.98. The van der Waals surface area contributed by atoms with Gasteiger partial charge in [0.05, 0.1) is 0 Å². The summed E-state index contributed by atoms with van der Waals surface area (Å²) in [5.41, 5.74) is 0.898. The number of carboxylic acids is 1. The van der Waals surface area contributed by atoms with Gasteiger partial charge in [-0.05, 0) is 63.0 Å². The molecule has 0 radical (unpaired) electrons. The summed E-state index contributed by atoms with van der Waals surface area (Å²) in [6, 6.07) is 12.7. The number of rotatable bonds is 6. The molecule has 0 fully saturated rings. The van der Waals surface area contributed by atoms with Gasteiger partial charge in [0.25, 0.3) is 0 Å². The van der Waals surface area contributed by atoms with Crippen LogP contribution in [-0.4, -0.2) is 31.3 Å². The van der Waals surface area contributed by atoms with Crippen molar-refractivity contribution in [2.24, 2.45) is 0 Å². The van der Waals surface area contributed by atoms with Crippen molar-refractivity contribution < 1.29 is 23.8 Å². The Labute approximate surface area is 141 Å². The molecular formula is C18H22FNO4. The highest BCUT2D eigenvalue weighted by atomic mass is 19.1. The highest BCUT2D eigenvalue weighted by Gasteiger charge is 2.11. The summed E-state index contributed by atoms with van der Waals surface area (Å²) >= 11 is 0. The second-order valence-electron chi connectivity index (χ2n) is 4.98. The van der Waals surface area contributed by atoms with Gasteiger partial charge >= 0.3 is 5.97 Å². The maximum Gasteiger partial charge on any atom is 0.344 e. The molecule has 2 aromatic rings. The van der Waals surface area contributed by atoms with Gasteiger partial charge in [0, 0.05) is 0 Å². The van der Waals surface area contributed by atoms with Crippen molar-refractivity contribution in [3.05, 3.63) is 59.9 Å². The molecule has 2 aromatic carbocycles. The molecule has 0 bridgehead atoms. The molecule has 2 rings (SSSR count). The Morgan fingerprint density at radius 3 is 2.08 bits per heavy atom. The van der Waals surface area contributed by atoms with E-state index in [4.69, 9.17) is 14.6 Å². The fraction of sp³-hybridized carbons (Fsp3) is 0.278. The number of carboxylic acid groups (broad SMARTS) is 1. The predicted octanol–water partition coefficient (Wildman–Crippen LogP) is 3.09. The topological polar surface area (TPSA) is 67.8 Å². The number of benzene rings is 2. The summed E-state index contributed by atoms with van der Waals surface area (Å²) in [5.74, 6) is -0.262. The van der Waals surface area contributed by atoms with Crippen molar-refractivity contribution in [3.8, 4) is 11.5 Å². The van der Waals surface area contributed by atoms with E-state index in [1.807, 2.05) is 14.1 Å². The molecule has 1 unspecified atom stereocenters. The number of aliphatic carboxylic acids is 1. The third kappa shape index (κ3) is 7.11. The number of hydrogen-bond donors (Lipinski definition) is 2. The summed E-state index contributed by atoms with van der Waals surface area (Å²) in [6.45, 7) is 1.80. The first-order valence-electron chi connectivity index (χ1n) is 7.41. The van der Waals surface area contributed by atoms with Gasteiger partial charge in [0.2, 0.25) is 0 Å². The largest absolute Gasteiger partial charge is 0.489 e. The lowest BCUT2D eigenvalue weighted by Crippen LogP contribution is -2.22. The van der Waals surface area contributed by atoms with Crippen molar-refractivity contribution in [2.45, 2.75) is 19.6 Å². The first-order chi connectivity index (χ1) is 11.5. The average Bonchev–Trinajstić information content (AvgIpc) is 2.56. The predicted molar refractivity (Wildman–Crippen MR) is 89.9 cm³/mol. The van der Waals surface area contributed by atoms with Crippen LogP contribution in [0.1, 0.15) is 12.5 Å². The Morgan fingerprint density at radius 1 is 1.08 bits per heavy atom. The van der Waals surface area contributed by atoms with E-state index in [1.54, 1.807) is 36.4 Å². The lowest BCUT2D eigenvalue weighted by Gasteiger charge is -2.11. The minimum atomic E-state index is -1.02. The third-order valence-electron chi connectivity index (χ3n) is 2.80. The summed E-state index contributed by atoms with van der Waals surface area (Å²) in [5, 5.41) is 11.5. The molecule has 5 nitrogen and oxygen atoms in total. The van der Waals surface area contributed by atoms with E-state index in [1.165, 1.54) is 19.1 Å². The van der Waals surface area contributed by atoms with Crippen LogP contribution in [0.3, 0.4) is 0 Å². The zero-order valence-electron chi connectivity index (χ0n) is 14.0. The SMILES string of the molecule is CC(Oc1ccc(COc2ccc(F)cc2)cc1)C(=O)O.CNC. The Hall–Kier alpha value is -2.60. The molecule has 0 saturated carbocycles. The van der Waals surface area contributed by atoms with Crippen molar-refractivity contribution in [3.63, 3.8) is 0 Å². The summed E-state index contributed by atoms with van der Waals surface area (Å²) in [6.07, 6.45) is -0.897. The lowest BCUT2D eigenvalue weighted by molar-refractivity contribution is -0.144. The molecule has 0 aliphatic rings. The Morgan fingerprint density at radius 2 is 1.58 bits per heavy atom. The van der Waals surface area contributed by atoms with Crippen LogP contribution in [0.15, 0.2) is 48.5 Å². The van der Waals surface area contributed by atoms with Crippen LogP contribution >= 0.6 is 0 Å². The van der Waals surface area contributed by atoms with E-state index in [0.717, 1.165) is 5.56 Å². The van der Waals surface area contributed by atoms with Crippen LogP contribution in [-0.2, 0) is 11.4 Å². The van der Waals surface area contributed by atoms with Crippen molar-refractivity contribution in [1.29, 1.82) is 0 Å². The standard InChI is InChI=1S/C16H15FO4.C2H7N/c1-11(16(18)19)21-15-6-2-12(3-7-15)10-20-14-8-4-13(17)5-9-14;1-3-2/h2-9,11H,10H2,1H3,(H,18,19);3H,1-2H3. The van der Waals surface area contributed by atoms with Gasteiger partial charge in [-0.15, -0.1) is 0 Å². The highest BCUT2D eigenvalue weighted by Crippen LogP contribution is 2.17. The summed E-state index contributed by atoms with van der Waals surface area (Å²) in [7, 11) is 3.75.